The van der Waals surface area contributed by atoms with Crippen molar-refractivity contribution in [3.63, 3.8) is 0 Å². The van der Waals surface area contributed by atoms with Crippen LogP contribution in [0, 0.1) is 20.8 Å². The maximum Gasteiger partial charge on any atom is 0.246 e. The van der Waals surface area contributed by atoms with Gasteiger partial charge in [-0.1, -0.05) is 29.3 Å². The van der Waals surface area contributed by atoms with Gasteiger partial charge in [-0.25, -0.2) is 0 Å². The number of hydrogen-bond acceptors (Lipinski definition) is 3. The van der Waals surface area contributed by atoms with Crippen molar-refractivity contribution in [2.75, 3.05) is 17.7 Å². The highest BCUT2D eigenvalue weighted by Gasteiger charge is 2.16. The molecule has 1 atom stereocenters. The number of halogens is 1. The second kappa shape index (κ2) is 7.58. The van der Waals surface area contributed by atoms with E-state index in [9.17, 15) is 4.79 Å². The zero-order valence-corrected chi connectivity index (χ0v) is 15.4. The van der Waals surface area contributed by atoms with E-state index < -0.39 is 6.04 Å². The number of methoxy groups -OCH3 is 1. The molecule has 2 rings (SSSR count). The summed E-state index contributed by atoms with van der Waals surface area (Å²) in [5.41, 5.74) is 4.73. The van der Waals surface area contributed by atoms with E-state index in [4.69, 9.17) is 16.3 Å². The summed E-state index contributed by atoms with van der Waals surface area (Å²) in [6.45, 7) is 7.77. The summed E-state index contributed by atoms with van der Waals surface area (Å²) in [5, 5.41) is 6.74. The fourth-order valence-electron chi connectivity index (χ4n) is 2.45. The smallest absolute Gasteiger partial charge is 0.246 e. The Morgan fingerprint density at radius 2 is 1.79 bits per heavy atom. The average molecular weight is 347 g/mol. The number of aryl methyl sites for hydroxylation is 3. The first-order chi connectivity index (χ1) is 11.3. The Morgan fingerprint density at radius 3 is 2.42 bits per heavy atom. The number of hydrogen-bond donors (Lipinski definition) is 2. The fourth-order valence-corrected chi connectivity index (χ4v) is 2.60. The molecule has 5 heteroatoms. The fraction of sp³-hybridized carbons (Fsp3) is 0.316. The van der Waals surface area contributed by atoms with Gasteiger partial charge in [0.1, 0.15) is 11.8 Å². The minimum absolute atomic E-state index is 0.144. The Hall–Kier alpha value is -2.20. The van der Waals surface area contributed by atoms with Gasteiger partial charge in [-0.2, -0.15) is 0 Å². The van der Waals surface area contributed by atoms with Crippen LogP contribution in [0.15, 0.2) is 30.3 Å². The van der Waals surface area contributed by atoms with Crippen molar-refractivity contribution >= 4 is 28.9 Å². The minimum atomic E-state index is -0.396. The molecule has 0 fully saturated rings. The monoisotopic (exact) mass is 346 g/mol. The summed E-state index contributed by atoms with van der Waals surface area (Å²) in [7, 11) is 1.55. The molecule has 1 amide bonds. The lowest BCUT2D eigenvalue weighted by molar-refractivity contribution is -0.116. The molecule has 4 nitrogen and oxygen atoms in total. The van der Waals surface area contributed by atoms with Gasteiger partial charge >= 0.3 is 0 Å². The van der Waals surface area contributed by atoms with Crippen LogP contribution in [-0.2, 0) is 4.79 Å². The van der Waals surface area contributed by atoms with Crippen molar-refractivity contribution in [1.82, 2.24) is 0 Å². The van der Waals surface area contributed by atoms with Crippen LogP contribution >= 0.6 is 11.6 Å². The molecule has 2 aromatic rings. The van der Waals surface area contributed by atoms with Crippen LogP contribution in [0.25, 0.3) is 0 Å². The third kappa shape index (κ3) is 4.20. The predicted octanol–water partition coefficient (Wildman–Crippen LogP) is 4.71. The molecule has 128 valence electrons. The van der Waals surface area contributed by atoms with Crippen LogP contribution in [0.5, 0.6) is 5.75 Å². The van der Waals surface area contributed by atoms with Gasteiger partial charge in [0, 0.05) is 16.8 Å². The summed E-state index contributed by atoms with van der Waals surface area (Å²) in [5.74, 6) is 0.396. The third-order valence-electron chi connectivity index (χ3n) is 3.89. The SMILES string of the molecule is COc1cc(Cl)c(C)cc1NC(=O)C(C)Nc1ccc(C)cc1C. The Labute approximate surface area is 148 Å². The quantitative estimate of drug-likeness (QED) is 0.824. The first kappa shape index (κ1) is 18.1. The minimum Gasteiger partial charge on any atom is -0.495 e. The summed E-state index contributed by atoms with van der Waals surface area (Å²) >= 11 is 6.10. The molecule has 0 saturated heterocycles. The zero-order chi connectivity index (χ0) is 17.9. The van der Waals surface area contributed by atoms with E-state index in [2.05, 4.69) is 16.7 Å². The van der Waals surface area contributed by atoms with Crippen LogP contribution in [0.2, 0.25) is 5.02 Å². The maximum absolute atomic E-state index is 12.5. The van der Waals surface area contributed by atoms with Gasteiger partial charge in [0.25, 0.3) is 0 Å². The van der Waals surface area contributed by atoms with Crippen molar-refractivity contribution in [1.29, 1.82) is 0 Å². The van der Waals surface area contributed by atoms with Crippen molar-refractivity contribution in [2.24, 2.45) is 0 Å². The normalized spacial score (nSPS) is 11.8. The molecule has 0 heterocycles. The predicted molar refractivity (Wildman–Crippen MR) is 100 cm³/mol. The van der Waals surface area contributed by atoms with E-state index in [1.807, 2.05) is 45.9 Å². The second-order valence-corrected chi connectivity index (χ2v) is 6.38. The van der Waals surface area contributed by atoms with Gasteiger partial charge in [0.15, 0.2) is 0 Å². The van der Waals surface area contributed by atoms with Crippen LogP contribution < -0.4 is 15.4 Å². The number of nitrogens with one attached hydrogen (secondary N) is 2. The van der Waals surface area contributed by atoms with Crippen LogP contribution in [0.4, 0.5) is 11.4 Å². The summed E-state index contributed by atoms with van der Waals surface area (Å²) in [4.78, 5) is 12.5. The molecule has 0 radical (unpaired) electrons. The van der Waals surface area contributed by atoms with Crippen molar-refractivity contribution in [2.45, 2.75) is 33.7 Å². The van der Waals surface area contributed by atoms with Crippen LogP contribution in [0.1, 0.15) is 23.6 Å². The van der Waals surface area contributed by atoms with E-state index in [1.165, 1.54) is 5.56 Å². The number of amides is 1. The zero-order valence-electron chi connectivity index (χ0n) is 14.7. The van der Waals surface area contributed by atoms with Gasteiger partial charge < -0.3 is 15.4 Å². The van der Waals surface area contributed by atoms with Crippen molar-refractivity contribution in [3.05, 3.63) is 52.0 Å². The molecule has 0 saturated carbocycles. The van der Waals surface area contributed by atoms with Crippen LogP contribution in [0.3, 0.4) is 0 Å². The third-order valence-corrected chi connectivity index (χ3v) is 4.29. The Bertz CT molecular complexity index is 759. The summed E-state index contributed by atoms with van der Waals surface area (Å²) in [6, 6.07) is 9.20. The maximum atomic E-state index is 12.5. The van der Waals surface area contributed by atoms with Gasteiger partial charge in [0.05, 0.1) is 12.8 Å². The molecule has 0 bridgehead atoms. The number of ether oxygens (including phenoxy) is 1. The Kier molecular flexibility index (Phi) is 5.73. The highest BCUT2D eigenvalue weighted by Crippen LogP contribution is 2.31. The van der Waals surface area contributed by atoms with E-state index >= 15 is 0 Å². The van der Waals surface area contributed by atoms with Crippen LogP contribution in [-0.4, -0.2) is 19.1 Å². The lowest BCUT2D eigenvalue weighted by atomic mass is 10.1. The molecule has 2 N–H and O–H groups in total. The molecule has 0 aromatic heterocycles. The van der Waals surface area contributed by atoms with Gasteiger partial charge in [-0.3, -0.25) is 4.79 Å². The Morgan fingerprint density at radius 1 is 1.08 bits per heavy atom. The molecular weight excluding hydrogens is 324 g/mol. The van der Waals surface area contributed by atoms with Gasteiger partial charge in [-0.05, 0) is 51.0 Å². The average Bonchev–Trinajstić information content (AvgIpc) is 2.53. The molecule has 24 heavy (non-hydrogen) atoms. The molecule has 0 aliphatic rings. The Balaban J connectivity index is 2.13. The number of carbonyl (C=O) groups excluding carboxylic acids is 1. The number of anilines is 2. The second-order valence-electron chi connectivity index (χ2n) is 5.98. The highest BCUT2D eigenvalue weighted by molar-refractivity contribution is 6.31. The largest absolute Gasteiger partial charge is 0.495 e. The molecule has 0 spiro atoms. The first-order valence-corrected chi connectivity index (χ1v) is 8.18. The summed E-state index contributed by atoms with van der Waals surface area (Å²) < 4.78 is 5.29. The van der Waals surface area contributed by atoms with E-state index in [0.717, 1.165) is 16.8 Å². The molecule has 1 unspecified atom stereocenters. The molecule has 0 aliphatic carbocycles. The van der Waals surface area contributed by atoms with E-state index in [0.29, 0.717) is 16.5 Å². The molecule has 2 aromatic carbocycles. The molecule has 0 aliphatic heterocycles. The first-order valence-electron chi connectivity index (χ1n) is 7.80. The van der Waals surface area contributed by atoms with E-state index in [-0.39, 0.29) is 5.91 Å². The van der Waals surface area contributed by atoms with Gasteiger partial charge in [0.2, 0.25) is 5.91 Å². The number of rotatable bonds is 5. The number of benzene rings is 2. The number of carbonyl (C=O) groups is 1. The topological polar surface area (TPSA) is 50.4 Å². The highest BCUT2D eigenvalue weighted by atomic mass is 35.5. The molecular formula is C19H23ClN2O2. The lowest BCUT2D eigenvalue weighted by Gasteiger charge is -2.18. The summed E-state index contributed by atoms with van der Waals surface area (Å²) in [6.07, 6.45) is 0. The van der Waals surface area contributed by atoms with E-state index in [1.54, 1.807) is 13.2 Å². The van der Waals surface area contributed by atoms with Crippen molar-refractivity contribution in [3.8, 4) is 5.75 Å². The van der Waals surface area contributed by atoms with Gasteiger partial charge in [-0.15, -0.1) is 0 Å². The standard InChI is InChI=1S/C19H23ClN2O2/c1-11-6-7-16(13(3)8-11)21-14(4)19(23)22-17-9-12(2)15(20)10-18(17)24-5/h6-10,14,21H,1-5H3,(H,22,23). The lowest BCUT2D eigenvalue weighted by Crippen LogP contribution is -2.32. The van der Waals surface area contributed by atoms with Crippen molar-refractivity contribution < 1.29 is 9.53 Å².